The Balaban J connectivity index is 1.23. The summed E-state index contributed by atoms with van der Waals surface area (Å²) in [5.41, 5.74) is 11.6. The fraction of sp³-hybridized carbons (Fsp3) is 0.387. The molecule has 41 heavy (non-hydrogen) atoms. The molecular formula is C31H39N3O6S. The van der Waals surface area contributed by atoms with E-state index in [9.17, 15) is 9.90 Å². The average Bonchev–Trinajstić information content (AvgIpc) is 2.98. The van der Waals surface area contributed by atoms with Gasteiger partial charge in [-0.25, -0.2) is 0 Å². The van der Waals surface area contributed by atoms with Crippen molar-refractivity contribution in [1.82, 2.24) is 5.48 Å². The van der Waals surface area contributed by atoms with Gasteiger partial charge in [-0.15, -0.1) is 0 Å². The molecule has 9 nitrogen and oxygen atoms in total. The first-order valence-electron chi connectivity index (χ1n) is 14.0. The molecule has 2 unspecified atom stereocenters. The third-order valence-corrected chi connectivity index (χ3v) is 7.87. The Hall–Kier alpha value is -3.12. The number of aliphatic hydroxyl groups is 1. The number of benzene rings is 3. The number of carboxylic acids is 1. The van der Waals surface area contributed by atoms with Crippen molar-refractivity contribution < 1.29 is 29.3 Å². The lowest BCUT2D eigenvalue weighted by atomic mass is 10.1. The van der Waals surface area contributed by atoms with Crippen LogP contribution in [0.3, 0.4) is 0 Å². The van der Waals surface area contributed by atoms with Gasteiger partial charge in [-0.3, -0.25) is 9.63 Å². The summed E-state index contributed by atoms with van der Waals surface area (Å²) in [5.74, 6) is -0.228. The van der Waals surface area contributed by atoms with Crippen LogP contribution in [0.2, 0.25) is 0 Å². The molecule has 0 radical (unpaired) electrons. The first kappa shape index (κ1) is 30.8. The molecule has 1 heterocycles. The highest BCUT2D eigenvalue weighted by atomic mass is 32.2. The van der Waals surface area contributed by atoms with Gasteiger partial charge >= 0.3 is 5.97 Å². The van der Waals surface area contributed by atoms with Gasteiger partial charge in [-0.2, -0.15) is 5.48 Å². The second-order valence-corrected chi connectivity index (χ2v) is 10.8. The predicted octanol–water partition coefficient (Wildman–Crippen LogP) is 4.74. The number of ether oxygens (including phenoxy) is 2. The zero-order valence-corrected chi connectivity index (χ0v) is 24.1. The molecule has 10 heteroatoms. The zero-order chi connectivity index (χ0) is 29.0. The van der Waals surface area contributed by atoms with Gasteiger partial charge in [0.05, 0.1) is 17.9 Å². The maximum absolute atomic E-state index is 10.8. The summed E-state index contributed by atoms with van der Waals surface area (Å²) in [4.78, 5) is 20.9. The Morgan fingerprint density at radius 2 is 1.66 bits per heavy atom. The quantitative estimate of drug-likeness (QED) is 0.101. The van der Waals surface area contributed by atoms with E-state index in [2.05, 4.69) is 58.9 Å². The third kappa shape index (κ3) is 8.93. The van der Waals surface area contributed by atoms with Crippen LogP contribution in [0.4, 0.5) is 11.4 Å². The van der Waals surface area contributed by atoms with E-state index in [0.29, 0.717) is 52.0 Å². The minimum Gasteiger partial charge on any atom is -0.492 e. The van der Waals surface area contributed by atoms with Gasteiger partial charge < -0.3 is 30.3 Å². The summed E-state index contributed by atoms with van der Waals surface area (Å²) >= 11 is 1.79. The molecule has 1 aliphatic rings. The smallest absolute Gasteiger partial charge is 0.320 e. The van der Waals surface area contributed by atoms with E-state index >= 15 is 0 Å². The van der Waals surface area contributed by atoms with E-state index in [0.717, 1.165) is 11.3 Å². The molecule has 0 bridgehead atoms. The SMILES string of the molecule is CCO[C@@H](Cc1ccc(OCCN2c3ccccc3Sc3ccccc32)cc1)C(O)ONCCCCC(N)C(=O)O. The molecule has 0 aromatic heterocycles. The average molecular weight is 582 g/mol. The number of fused-ring (bicyclic) bond motifs is 2. The van der Waals surface area contributed by atoms with Gasteiger partial charge in [0.2, 0.25) is 6.29 Å². The van der Waals surface area contributed by atoms with Crippen LogP contribution in [-0.2, 0) is 20.8 Å². The second kappa shape index (κ2) is 15.8. The monoisotopic (exact) mass is 581 g/mol. The molecule has 0 fully saturated rings. The number of nitrogens with zero attached hydrogens (tertiary/aromatic N) is 1. The molecule has 3 aromatic carbocycles. The third-order valence-electron chi connectivity index (χ3n) is 6.74. The van der Waals surface area contributed by atoms with Crippen LogP contribution in [0.5, 0.6) is 5.75 Å². The lowest BCUT2D eigenvalue weighted by Gasteiger charge is -2.32. The van der Waals surface area contributed by atoms with Crippen molar-refractivity contribution in [2.24, 2.45) is 5.73 Å². The number of carbonyl (C=O) groups is 1. The van der Waals surface area contributed by atoms with Crippen molar-refractivity contribution in [2.45, 2.75) is 60.8 Å². The fourth-order valence-electron chi connectivity index (χ4n) is 4.59. The highest BCUT2D eigenvalue weighted by Gasteiger charge is 2.23. The molecular weight excluding hydrogens is 542 g/mol. The van der Waals surface area contributed by atoms with Gasteiger partial charge in [0.25, 0.3) is 0 Å². The number of carboxylic acid groups (broad SMARTS) is 1. The number of unbranched alkanes of at least 4 members (excludes halogenated alkanes) is 1. The predicted molar refractivity (Wildman–Crippen MR) is 160 cm³/mol. The van der Waals surface area contributed by atoms with Crippen molar-refractivity contribution >= 4 is 29.1 Å². The van der Waals surface area contributed by atoms with E-state index < -0.39 is 24.4 Å². The van der Waals surface area contributed by atoms with Crippen molar-refractivity contribution in [3.05, 3.63) is 78.4 Å². The number of anilines is 2. The number of rotatable bonds is 17. The van der Waals surface area contributed by atoms with Gasteiger partial charge in [-0.1, -0.05) is 48.2 Å². The number of aliphatic carboxylic acids is 1. The number of hydroxylamine groups is 1. The summed E-state index contributed by atoms with van der Waals surface area (Å²) in [5, 5.41) is 19.3. The van der Waals surface area contributed by atoms with Crippen molar-refractivity contribution in [3.63, 3.8) is 0 Å². The Kier molecular flexibility index (Phi) is 11.9. The standard InChI is InChI=1S/C31H39N3O6S/c1-2-38-27(31(37)40-33-18-8-7-9-24(32)30(35)36)21-22-14-16-23(17-15-22)39-20-19-34-25-10-3-5-12-28(25)41-29-13-6-4-11-26(29)34/h3-6,10-17,24,27,31,33,37H,2,7-9,18-21,32H2,1H3,(H,35,36)/t24?,27-,31?/m0/s1. The lowest BCUT2D eigenvalue weighted by molar-refractivity contribution is -0.207. The Morgan fingerprint density at radius 3 is 2.29 bits per heavy atom. The summed E-state index contributed by atoms with van der Waals surface area (Å²) in [7, 11) is 0. The Labute approximate surface area is 245 Å². The number of nitrogens with two attached hydrogens (primary N) is 1. The van der Waals surface area contributed by atoms with Crippen LogP contribution in [0.1, 0.15) is 31.7 Å². The summed E-state index contributed by atoms with van der Waals surface area (Å²) < 4.78 is 11.8. The van der Waals surface area contributed by atoms with E-state index in [4.69, 9.17) is 25.2 Å². The van der Waals surface area contributed by atoms with Crippen LogP contribution in [0.15, 0.2) is 82.6 Å². The molecule has 0 spiro atoms. The fourth-order valence-corrected chi connectivity index (χ4v) is 5.69. The first-order valence-corrected chi connectivity index (χ1v) is 14.8. The highest BCUT2D eigenvalue weighted by molar-refractivity contribution is 7.99. The maximum Gasteiger partial charge on any atom is 0.320 e. The summed E-state index contributed by atoms with van der Waals surface area (Å²) in [6.45, 7) is 4.00. The normalized spacial score (nSPS) is 14.6. The Bertz CT molecular complexity index is 1200. The maximum atomic E-state index is 10.8. The van der Waals surface area contributed by atoms with Gasteiger partial charge in [0.15, 0.2) is 0 Å². The number of nitrogens with one attached hydrogen (secondary N) is 1. The number of para-hydroxylation sites is 2. The van der Waals surface area contributed by atoms with Gasteiger partial charge in [0, 0.05) is 29.4 Å². The van der Waals surface area contributed by atoms with Crippen LogP contribution in [-0.4, -0.2) is 60.9 Å². The van der Waals surface area contributed by atoms with E-state index in [1.54, 1.807) is 11.8 Å². The van der Waals surface area contributed by atoms with Crippen molar-refractivity contribution in [1.29, 1.82) is 0 Å². The summed E-state index contributed by atoms with van der Waals surface area (Å²) in [6, 6.07) is 23.8. The largest absolute Gasteiger partial charge is 0.492 e. The van der Waals surface area contributed by atoms with Crippen LogP contribution < -0.4 is 20.9 Å². The molecule has 0 saturated heterocycles. The molecule has 5 N–H and O–H groups in total. The molecule has 4 rings (SSSR count). The molecule has 1 aliphatic heterocycles. The number of hydrogen-bond acceptors (Lipinski definition) is 9. The molecule has 0 aliphatic carbocycles. The Morgan fingerprint density at radius 1 is 1.00 bits per heavy atom. The van der Waals surface area contributed by atoms with E-state index in [1.165, 1.54) is 21.2 Å². The number of aliphatic hydroxyl groups excluding tert-OH is 1. The molecule has 220 valence electrons. The van der Waals surface area contributed by atoms with Gasteiger partial charge in [0.1, 0.15) is 24.5 Å². The van der Waals surface area contributed by atoms with Crippen LogP contribution in [0.25, 0.3) is 0 Å². The second-order valence-electron chi connectivity index (χ2n) is 9.72. The minimum absolute atomic E-state index is 0.389. The van der Waals surface area contributed by atoms with Crippen LogP contribution in [0, 0.1) is 0 Å². The highest BCUT2D eigenvalue weighted by Crippen LogP contribution is 2.47. The molecule has 3 atom stereocenters. The minimum atomic E-state index is -1.17. The zero-order valence-electron chi connectivity index (χ0n) is 23.3. The number of hydrogen-bond donors (Lipinski definition) is 4. The van der Waals surface area contributed by atoms with Crippen LogP contribution >= 0.6 is 11.8 Å². The van der Waals surface area contributed by atoms with Crippen molar-refractivity contribution in [2.75, 3.05) is 31.2 Å². The summed E-state index contributed by atoms with van der Waals surface area (Å²) in [6.07, 6.45) is 0.437. The van der Waals surface area contributed by atoms with E-state index in [1.807, 2.05) is 31.2 Å². The van der Waals surface area contributed by atoms with Gasteiger partial charge in [-0.05, 0) is 68.1 Å². The topological polar surface area (TPSA) is 127 Å². The first-order chi connectivity index (χ1) is 20.0. The van der Waals surface area contributed by atoms with E-state index in [-0.39, 0.29) is 0 Å². The lowest BCUT2D eigenvalue weighted by Crippen LogP contribution is -2.38. The molecule has 0 amide bonds. The molecule has 3 aromatic rings. The molecule has 0 saturated carbocycles. The van der Waals surface area contributed by atoms with Crippen molar-refractivity contribution in [3.8, 4) is 5.75 Å².